The zero-order chi connectivity index (χ0) is 13.6. The second kappa shape index (κ2) is 11.6. The number of hydrogen-bond donors (Lipinski definition) is 2. The maximum absolute atomic E-state index is 10.7. The van der Waals surface area contributed by atoms with Gasteiger partial charge in [-0.25, -0.2) is 0 Å². The number of nitrogens with two attached hydrogens (primary N) is 1. The molecule has 0 unspecified atom stereocenters. The summed E-state index contributed by atoms with van der Waals surface area (Å²) < 4.78 is 4.90. The number of carbonyl (C=O) groups excluding carboxylic acids is 1. The molecule has 0 saturated carbocycles. The summed E-state index contributed by atoms with van der Waals surface area (Å²) in [5.41, 5.74) is 5.89. The number of benzene rings is 1. The summed E-state index contributed by atoms with van der Waals surface area (Å²) in [6.45, 7) is 8.20. The first-order chi connectivity index (χ1) is 8.74. The van der Waals surface area contributed by atoms with Crippen molar-refractivity contribution in [1.29, 1.82) is 0 Å². The quantitative estimate of drug-likeness (QED) is 0.597. The van der Waals surface area contributed by atoms with Crippen LogP contribution in [0.4, 0.5) is 5.69 Å². The minimum Gasteiger partial charge on any atom is -0.373 e. The Labute approximate surface area is 108 Å². The summed E-state index contributed by atoms with van der Waals surface area (Å²) in [6, 6.07) is 9.22. The van der Waals surface area contributed by atoms with Gasteiger partial charge in [0, 0.05) is 5.69 Å². The van der Waals surface area contributed by atoms with E-state index in [-0.39, 0.29) is 12.5 Å². The van der Waals surface area contributed by atoms with Crippen LogP contribution < -0.4 is 11.1 Å². The molecule has 0 atom stereocenters. The van der Waals surface area contributed by atoms with Gasteiger partial charge < -0.3 is 15.8 Å². The lowest BCUT2D eigenvalue weighted by atomic mass is 10.3. The fourth-order valence-electron chi connectivity index (χ4n) is 0.968. The predicted molar refractivity (Wildman–Crippen MR) is 75.3 cm³/mol. The molecule has 0 aromatic heterocycles. The summed E-state index contributed by atoms with van der Waals surface area (Å²) in [5, 5.41) is 2.63. The van der Waals surface area contributed by atoms with Crippen molar-refractivity contribution in [3.05, 3.63) is 55.6 Å². The van der Waals surface area contributed by atoms with Crippen molar-refractivity contribution in [2.75, 3.05) is 25.1 Å². The fraction of sp³-hybridized carbons (Fsp3) is 0.214. The van der Waals surface area contributed by atoms with Gasteiger partial charge in [0.1, 0.15) is 0 Å². The van der Waals surface area contributed by atoms with Gasteiger partial charge in [-0.1, -0.05) is 30.4 Å². The maximum Gasteiger partial charge on any atom is 0.238 e. The second-order valence-corrected chi connectivity index (χ2v) is 3.23. The summed E-state index contributed by atoms with van der Waals surface area (Å²) in [7, 11) is 0. The molecule has 98 valence electrons. The van der Waals surface area contributed by atoms with Gasteiger partial charge in [0.05, 0.1) is 19.8 Å². The van der Waals surface area contributed by atoms with E-state index in [9.17, 15) is 4.79 Å². The van der Waals surface area contributed by atoms with Crippen LogP contribution in [0.1, 0.15) is 0 Å². The van der Waals surface area contributed by atoms with Crippen molar-refractivity contribution < 1.29 is 9.53 Å². The smallest absolute Gasteiger partial charge is 0.238 e. The number of rotatable bonds is 6. The van der Waals surface area contributed by atoms with E-state index < -0.39 is 0 Å². The van der Waals surface area contributed by atoms with E-state index in [1.165, 1.54) is 0 Å². The summed E-state index contributed by atoms with van der Waals surface area (Å²) in [6.07, 6.45) is 3.42. The Morgan fingerprint density at radius 2 is 1.78 bits per heavy atom. The number of hydrogen-bond acceptors (Lipinski definition) is 3. The number of anilines is 1. The fourth-order valence-corrected chi connectivity index (χ4v) is 0.968. The molecular weight excluding hydrogens is 228 g/mol. The van der Waals surface area contributed by atoms with E-state index in [4.69, 9.17) is 10.5 Å². The number of nitrogens with one attached hydrogen (secondary N) is 1. The standard InChI is InChI=1S/C8H10N2O.C6H10O/c9-6-8(11)10-7-4-2-1-3-5-7;1-3-5-7-6-4-2/h1-5H,6,9H2,(H,10,11);3-4H,1-2,5-6H2. The molecule has 1 aromatic rings. The van der Waals surface area contributed by atoms with E-state index in [0.29, 0.717) is 13.2 Å². The SMILES string of the molecule is C=CCOCC=C.NCC(=O)Nc1ccccc1. The van der Waals surface area contributed by atoms with Crippen molar-refractivity contribution in [2.24, 2.45) is 5.73 Å². The highest BCUT2D eigenvalue weighted by Crippen LogP contribution is 2.03. The van der Waals surface area contributed by atoms with Crippen molar-refractivity contribution in [2.45, 2.75) is 0 Å². The molecule has 0 fully saturated rings. The van der Waals surface area contributed by atoms with Crippen LogP contribution >= 0.6 is 0 Å². The molecular formula is C14H20N2O2. The molecule has 0 radical (unpaired) electrons. The highest BCUT2D eigenvalue weighted by molar-refractivity contribution is 5.91. The van der Waals surface area contributed by atoms with E-state index >= 15 is 0 Å². The van der Waals surface area contributed by atoms with Gasteiger partial charge in [-0.05, 0) is 12.1 Å². The third-order valence-electron chi connectivity index (χ3n) is 1.71. The Balaban J connectivity index is 0.000000360. The Morgan fingerprint density at radius 1 is 1.22 bits per heavy atom. The first-order valence-corrected chi connectivity index (χ1v) is 5.59. The van der Waals surface area contributed by atoms with Gasteiger partial charge in [-0.15, -0.1) is 13.2 Å². The topological polar surface area (TPSA) is 64.3 Å². The molecule has 0 aliphatic rings. The zero-order valence-corrected chi connectivity index (χ0v) is 10.5. The van der Waals surface area contributed by atoms with Gasteiger partial charge >= 0.3 is 0 Å². The van der Waals surface area contributed by atoms with Crippen LogP contribution in [0.25, 0.3) is 0 Å². The number of para-hydroxylation sites is 1. The van der Waals surface area contributed by atoms with Crippen LogP contribution in [0.15, 0.2) is 55.6 Å². The predicted octanol–water partition coefficient (Wildman–Crippen LogP) is 1.96. The molecule has 1 rings (SSSR count). The Morgan fingerprint density at radius 3 is 2.22 bits per heavy atom. The van der Waals surface area contributed by atoms with Crippen LogP contribution in [0.2, 0.25) is 0 Å². The lowest BCUT2D eigenvalue weighted by Gasteiger charge is -2.00. The van der Waals surface area contributed by atoms with Crippen molar-refractivity contribution >= 4 is 11.6 Å². The van der Waals surface area contributed by atoms with Crippen LogP contribution in [0.5, 0.6) is 0 Å². The average Bonchev–Trinajstić information content (AvgIpc) is 2.41. The second-order valence-electron chi connectivity index (χ2n) is 3.23. The molecule has 3 N–H and O–H groups in total. The van der Waals surface area contributed by atoms with E-state index in [0.717, 1.165) is 5.69 Å². The summed E-state index contributed by atoms with van der Waals surface area (Å²) >= 11 is 0. The molecule has 4 heteroatoms. The third kappa shape index (κ3) is 9.33. The van der Waals surface area contributed by atoms with Gasteiger partial charge in [0.25, 0.3) is 0 Å². The van der Waals surface area contributed by atoms with Gasteiger partial charge in [0.2, 0.25) is 5.91 Å². The molecule has 4 nitrogen and oxygen atoms in total. The lowest BCUT2D eigenvalue weighted by Crippen LogP contribution is -2.21. The largest absolute Gasteiger partial charge is 0.373 e. The lowest BCUT2D eigenvalue weighted by molar-refractivity contribution is -0.114. The molecule has 0 spiro atoms. The number of amides is 1. The molecule has 0 bridgehead atoms. The molecule has 1 amide bonds. The van der Waals surface area contributed by atoms with Gasteiger partial charge in [-0.3, -0.25) is 4.79 Å². The molecule has 0 saturated heterocycles. The maximum atomic E-state index is 10.7. The Bertz CT molecular complexity index is 342. The zero-order valence-electron chi connectivity index (χ0n) is 10.5. The van der Waals surface area contributed by atoms with Crippen LogP contribution in [0.3, 0.4) is 0 Å². The van der Waals surface area contributed by atoms with Crippen molar-refractivity contribution in [3.63, 3.8) is 0 Å². The van der Waals surface area contributed by atoms with Crippen LogP contribution in [-0.2, 0) is 9.53 Å². The van der Waals surface area contributed by atoms with Gasteiger partial charge in [0.15, 0.2) is 0 Å². The van der Waals surface area contributed by atoms with Gasteiger partial charge in [-0.2, -0.15) is 0 Å². The van der Waals surface area contributed by atoms with E-state index in [2.05, 4.69) is 18.5 Å². The van der Waals surface area contributed by atoms with Crippen LogP contribution in [-0.4, -0.2) is 25.7 Å². The molecule has 0 aliphatic heterocycles. The Kier molecular flexibility index (Phi) is 10.3. The summed E-state index contributed by atoms with van der Waals surface area (Å²) in [4.78, 5) is 10.7. The highest BCUT2D eigenvalue weighted by Gasteiger charge is 1.95. The number of ether oxygens (including phenoxy) is 1. The summed E-state index contributed by atoms with van der Waals surface area (Å²) in [5.74, 6) is -0.170. The van der Waals surface area contributed by atoms with Crippen LogP contribution in [0, 0.1) is 0 Å². The minimum absolute atomic E-state index is 0.0227. The molecule has 0 heterocycles. The monoisotopic (exact) mass is 248 g/mol. The van der Waals surface area contributed by atoms with Crippen molar-refractivity contribution in [3.8, 4) is 0 Å². The Hall–Kier alpha value is -1.91. The minimum atomic E-state index is -0.170. The van der Waals surface area contributed by atoms with E-state index in [1.54, 1.807) is 12.2 Å². The first kappa shape index (κ1) is 16.1. The average molecular weight is 248 g/mol. The molecule has 1 aromatic carbocycles. The van der Waals surface area contributed by atoms with Crippen molar-refractivity contribution in [1.82, 2.24) is 0 Å². The third-order valence-corrected chi connectivity index (χ3v) is 1.71. The normalized spacial score (nSPS) is 8.72. The molecule has 0 aliphatic carbocycles. The number of carbonyl (C=O) groups is 1. The van der Waals surface area contributed by atoms with E-state index in [1.807, 2.05) is 30.3 Å². The molecule has 18 heavy (non-hydrogen) atoms. The first-order valence-electron chi connectivity index (χ1n) is 5.59. The highest BCUT2D eigenvalue weighted by atomic mass is 16.5.